The third kappa shape index (κ3) is 2.89. The SMILES string of the molecule is C#CCC(CC#C)C(=O)NC1COc2ccccc21. The Morgan fingerprint density at radius 3 is 2.74 bits per heavy atom. The van der Waals surface area contributed by atoms with Gasteiger partial charge in [0.05, 0.1) is 12.0 Å². The summed E-state index contributed by atoms with van der Waals surface area (Å²) in [6, 6.07) is 7.55. The second-order valence-electron chi connectivity index (χ2n) is 4.42. The molecule has 0 saturated carbocycles. The number of carbonyl (C=O) groups excluding carboxylic acids is 1. The van der Waals surface area contributed by atoms with Crippen LogP contribution in [0.4, 0.5) is 0 Å². The van der Waals surface area contributed by atoms with E-state index in [0.717, 1.165) is 11.3 Å². The van der Waals surface area contributed by atoms with E-state index in [1.54, 1.807) is 0 Å². The van der Waals surface area contributed by atoms with Gasteiger partial charge in [-0.1, -0.05) is 18.2 Å². The van der Waals surface area contributed by atoms with Crippen molar-refractivity contribution < 1.29 is 9.53 Å². The van der Waals surface area contributed by atoms with E-state index in [1.807, 2.05) is 24.3 Å². The van der Waals surface area contributed by atoms with E-state index in [9.17, 15) is 4.79 Å². The van der Waals surface area contributed by atoms with E-state index in [2.05, 4.69) is 17.2 Å². The highest BCUT2D eigenvalue weighted by molar-refractivity contribution is 5.80. The van der Waals surface area contributed by atoms with Crippen LogP contribution in [0.15, 0.2) is 24.3 Å². The number of rotatable bonds is 4. The summed E-state index contributed by atoms with van der Waals surface area (Å²) < 4.78 is 5.52. The van der Waals surface area contributed by atoms with Crippen LogP contribution < -0.4 is 10.1 Å². The topological polar surface area (TPSA) is 38.3 Å². The summed E-state index contributed by atoms with van der Waals surface area (Å²) in [6.45, 7) is 0.448. The standard InChI is InChI=1S/C16H15NO2/c1-3-7-12(8-4-2)16(18)17-14-11-19-15-10-6-5-9-13(14)15/h1-2,5-6,9-10,12,14H,7-8,11H2,(H,17,18). The first kappa shape index (κ1) is 13.1. The Balaban J connectivity index is 2.04. The third-order valence-electron chi connectivity index (χ3n) is 3.12. The van der Waals surface area contributed by atoms with Gasteiger partial charge in [-0.25, -0.2) is 0 Å². The molecule has 1 atom stereocenters. The number of terminal acetylenes is 2. The molecule has 0 fully saturated rings. The molecule has 19 heavy (non-hydrogen) atoms. The van der Waals surface area contributed by atoms with Gasteiger partial charge in [0.25, 0.3) is 0 Å². The zero-order chi connectivity index (χ0) is 13.7. The lowest BCUT2D eigenvalue weighted by Crippen LogP contribution is -2.34. The van der Waals surface area contributed by atoms with Crippen molar-refractivity contribution >= 4 is 5.91 Å². The lowest BCUT2D eigenvalue weighted by atomic mass is 10.00. The summed E-state index contributed by atoms with van der Waals surface area (Å²) in [7, 11) is 0. The Kier molecular flexibility index (Phi) is 4.11. The van der Waals surface area contributed by atoms with Crippen LogP contribution in [0.1, 0.15) is 24.4 Å². The highest BCUT2D eigenvalue weighted by Crippen LogP contribution is 2.31. The van der Waals surface area contributed by atoms with E-state index < -0.39 is 0 Å². The average Bonchev–Trinajstić information content (AvgIpc) is 2.82. The number of nitrogens with one attached hydrogen (secondary N) is 1. The Morgan fingerprint density at radius 1 is 1.37 bits per heavy atom. The quantitative estimate of drug-likeness (QED) is 0.832. The van der Waals surface area contributed by atoms with Crippen molar-refractivity contribution in [3.63, 3.8) is 0 Å². The number of hydrogen-bond acceptors (Lipinski definition) is 2. The van der Waals surface area contributed by atoms with Gasteiger partial charge in [0.1, 0.15) is 12.4 Å². The van der Waals surface area contributed by atoms with Gasteiger partial charge in [0.15, 0.2) is 0 Å². The van der Waals surface area contributed by atoms with E-state index in [4.69, 9.17) is 17.6 Å². The van der Waals surface area contributed by atoms with Crippen LogP contribution >= 0.6 is 0 Å². The molecule has 1 N–H and O–H groups in total. The number of ether oxygens (including phenoxy) is 1. The molecular weight excluding hydrogens is 238 g/mol. The minimum atomic E-state index is -0.331. The largest absolute Gasteiger partial charge is 0.491 e. The molecule has 2 rings (SSSR count). The Labute approximate surface area is 113 Å². The predicted octanol–water partition coefficient (Wildman–Crippen LogP) is 1.90. The van der Waals surface area contributed by atoms with Crippen LogP contribution in [0.3, 0.4) is 0 Å². The molecule has 0 bridgehead atoms. The van der Waals surface area contributed by atoms with Crippen molar-refractivity contribution in [3.8, 4) is 30.4 Å². The molecule has 1 unspecified atom stereocenters. The van der Waals surface area contributed by atoms with Gasteiger partial charge < -0.3 is 10.1 Å². The van der Waals surface area contributed by atoms with E-state index in [-0.39, 0.29) is 17.9 Å². The zero-order valence-electron chi connectivity index (χ0n) is 10.6. The molecule has 96 valence electrons. The molecule has 0 radical (unpaired) electrons. The van der Waals surface area contributed by atoms with Gasteiger partial charge in [-0.15, -0.1) is 24.7 Å². The van der Waals surface area contributed by atoms with Gasteiger partial charge in [-0.3, -0.25) is 4.79 Å². The first-order valence-corrected chi connectivity index (χ1v) is 6.15. The van der Waals surface area contributed by atoms with Crippen LogP contribution in [-0.2, 0) is 4.79 Å². The monoisotopic (exact) mass is 253 g/mol. The molecular formula is C16H15NO2. The first-order valence-electron chi connectivity index (χ1n) is 6.15. The molecule has 3 nitrogen and oxygen atoms in total. The number of benzene rings is 1. The maximum atomic E-state index is 12.1. The minimum Gasteiger partial charge on any atom is -0.491 e. The van der Waals surface area contributed by atoms with Crippen LogP contribution in [0.5, 0.6) is 5.75 Å². The summed E-state index contributed by atoms with van der Waals surface area (Å²) in [6.07, 6.45) is 11.2. The smallest absolute Gasteiger partial charge is 0.225 e. The molecule has 1 heterocycles. The second-order valence-corrected chi connectivity index (χ2v) is 4.42. The van der Waals surface area contributed by atoms with Crippen molar-refractivity contribution in [2.24, 2.45) is 5.92 Å². The summed E-state index contributed by atoms with van der Waals surface area (Å²) in [5, 5.41) is 2.95. The van der Waals surface area contributed by atoms with Gasteiger partial charge in [-0.05, 0) is 6.07 Å². The van der Waals surface area contributed by atoms with Crippen molar-refractivity contribution in [2.45, 2.75) is 18.9 Å². The summed E-state index contributed by atoms with van der Waals surface area (Å²) in [5.41, 5.74) is 0.996. The normalized spacial score (nSPS) is 16.1. The Bertz CT molecular complexity index is 535. The summed E-state index contributed by atoms with van der Waals surface area (Å²) in [5.74, 6) is 5.36. The molecule has 0 saturated heterocycles. The summed E-state index contributed by atoms with van der Waals surface area (Å²) >= 11 is 0. The molecule has 1 aromatic rings. The van der Waals surface area contributed by atoms with Gasteiger partial charge >= 0.3 is 0 Å². The number of fused-ring (bicyclic) bond motifs is 1. The number of carbonyl (C=O) groups is 1. The van der Waals surface area contributed by atoms with Gasteiger partial charge in [-0.2, -0.15) is 0 Å². The fourth-order valence-electron chi connectivity index (χ4n) is 2.11. The summed E-state index contributed by atoms with van der Waals surface area (Å²) in [4.78, 5) is 12.1. The fourth-order valence-corrected chi connectivity index (χ4v) is 2.11. The maximum absolute atomic E-state index is 12.1. The Hall–Kier alpha value is -2.39. The molecule has 0 spiro atoms. The minimum absolute atomic E-state index is 0.110. The molecule has 0 aliphatic carbocycles. The van der Waals surface area contributed by atoms with Crippen molar-refractivity contribution in [2.75, 3.05) is 6.61 Å². The number of para-hydroxylation sites is 1. The first-order chi connectivity index (χ1) is 9.26. The van der Waals surface area contributed by atoms with Crippen LogP contribution in [-0.4, -0.2) is 12.5 Å². The molecule has 1 aromatic carbocycles. The molecule has 1 aliphatic rings. The molecule has 0 aromatic heterocycles. The van der Waals surface area contributed by atoms with Crippen molar-refractivity contribution in [3.05, 3.63) is 29.8 Å². The van der Waals surface area contributed by atoms with Crippen LogP contribution in [0.25, 0.3) is 0 Å². The van der Waals surface area contributed by atoms with Gasteiger partial charge in [0, 0.05) is 18.4 Å². The molecule has 3 heteroatoms. The van der Waals surface area contributed by atoms with E-state index >= 15 is 0 Å². The molecule has 1 aliphatic heterocycles. The highest BCUT2D eigenvalue weighted by atomic mass is 16.5. The van der Waals surface area contributed by atoms with Crippen molar-refractivity contribution in [1.29, 1.82) is 0 Å². The maximum Gasteiger partial charge on any atom is 0.225 e. The zero-order valence-corrected chi connectivity index (χ0v) is 10.6. The van der Waals surface area contributed by atoms with Crippen molar-refractivity contribution in [1.82, 2.24) is 5.32 Å². The number of amides is 1. The fraction of sp³-hybridized carbons (Fsp3) is 0.312. The van der Waals surface area contributed by atoms with Gasteiger partial charge in [0.2, 0.25) is 5.91 Å². The predicted molar refractivity (Wildman–Crippen MR) is 73.2 cm³/mol. The van der Waals surface area contributed by atoms with E-state index in [0.29, 0.717) is 19.4 Å². The Morgan fingerprint density at radius 2 is 2.05 bits per heavy atom. The van der Waals surface area contributed by atoms with Crippen LogP contribution in [0, 0.1) is 30.6 Å². The van der Waals surface area contributed by atoms with Crippen LogP contribution in [0.2, 0.25) is 0 Å². The van der Waals surface area contributed by atoms with E-state index in [1.165, 1.54) is 0 Å². The molecule has 1 amide bonds. The average molecular weight is 253 g/mol. The lowest BCUT2D eigenvalue weighted by molar-refractivity contribution is -0.125. The highest BCUT2D eigenvalue weighted by Gasteiger charge is 2.27. The lowest BCUT2D eigenvalue weighted by Gasteiger charge is -2.16. The number of hydrogen-bond donors (Lipinski definition) is 1. The second kappa shape index (κ2) is 5.98. The third-order valence-corrected chi connectivity index (χ3v) is 3.12.